The Morgan fingerprint density at radius 2 is 2.35 bits per heavy atom. The molecule has 3 rings (SSSR count). The summed E-state index contributed by atoms with van der Waals surface area (Å²) in [6.07, 6.45) is 1.17. The van der Waals surface area contributed by atoms with Gasteiger partial charge in [-0.25, -0.2) is 4.98 Å². The average molecular weight is 334 g/mol. The van der Waals surface area contributed by atoms with Gasteiger partial charge in [0.15, 0.2) is 0 Å². The Kier molecular flexibility index (Phi) is 5.25. The van der Waals surface area contributed by atoms with Crippen molar-refractivity contribution < 1.29 is 14.3 Å². The van der Waals surface area contributed by atoms with Crippen molar-refractivity contribution in [1.29, 1.82) is 0 Å². The molecule has 0 N–H and O–H groups in total. The third-order valence-corrected chi connectivity index (χ3v) is 5.28. The Bertz CT molecular complexity index is 640. The first kappa shape index (κ1) is 16.4. The molecule has 0 amide bonds. The van der Waals surface area contributed by atoms with Crippen LogP contribution in [0.25, 0.3) is 10.2 Å². The molecule has 1 aromatic carbocycles. The Labute approximate surface area is 140 Å². The molecule has 0 radical (unpaired) electrons. The lowest BCUT2D eigenvalue weighted by Crippen LogP contribution is -2.48. The molecule has 1 saturated heterocycles. The zero-order valence-corrected chi connectivity index (χ0v) is 14.3. The van der Waals surface area contributed by atoms with Crippen molar-refractivity contribution in [2.45, 2.75) is 31.9 Å². The van der Waals surface area contributed by atoms with E-state index in [0.717, 1.165) is 30.0 Å². The number of rotatable bonds is 5. The molecule has 2 heterocycles. The highest BCUT2D eigenvalue weighted by Gasteiger charge is 2.26. The van der Waals surface area contributed by atoms with E-state index in [9.17, 15) is 4.79 Å². The quantitative estimate of drug-likeness (QED) is 0.786. The first-order chi connectivity index (χ1) is 11.2. The third kappa shape index (κ3) is 4.07. The molecule has 5 nitrogen and oxygen atoms in total. The first-order valence-electron chi connectivity index (χ1n) is 7.92. The van der Waals surface area contributed by atoms with E-state index in [1.807, 2.05) is 12.1 Å². The molecule has 1 aromatic heterocycles. The number of nitrogens with zero attached hydrogens (tertiary/aromatic N) is 2. The minimum absolute atomic E-state index is 0.0750. The number of para-hydroxylation sites is 1. The van der Waals surface area contributed by atoms with Crippen molar-refractivity contribution in [3.8, 4) is 0 Å². The van der Waals surface area contributed by atoms with E-state index in [0.29, 0.717) is 19.1 Å². The minimum atomic E-state index is -0.212. The van der Waals surface area contributed by atoms with Crippen LogP contribution in [0.2, 0.25) is 0 Å². The predicted molar refractivity (Wildman–Crippen MR) is 90.7 cm³/mol. The molecule has 23 heavy (non-hydrogen) atoms. The molecule has 2 aromatic rings. The van der Waals surface area contributed by atoms with Gasteiger partial charge in [-0.15, -0.1) is 11.3 Å². The second-order valence-corrected chi connectivity index (χ2v) is 7.01. The number of aromatic nitrogens is 1. The van der Waals surface area contributed by atoms with Crippen LogP contribution in [0.5, 0.6) is 0 Å². The summed E-state index contributed by atoms with van der Waals surface area (Å²) < 4.78 is 11.6. The number of fused-ring (bicyclic) bond motifs is 1. The van der Waals surface area contributed by atoms with E-state index in [4.69, 9.17) is 14.5 Å². The van der Waals surface area contributed by atoms with Crippen LogP contribution in [0.3, 0.4) is 0 Å². The molecule has 1 aliphatic heterocycles. The van der Waals surface area contributed by atoms with Crippen molar-refractivity contribution in [2.75, 3.05) is 26.8 Å². The van der Waals surface area contributed by atoms with Crippen molar-refractivity contribution in [2.24, 2.45) is 0 Å². The molecule has 0 unspecified atom stereocenters. The Morgan fingerprint density at radius 1 is 1.52 bits per heavy atom. The fraction of sp³-hybridized carbons (Fsp3) is 0.529. The second kappa shape index (κ2) is 7.38. The van der Waals surface area contributed by atoms with Gasteiger partial charge in [0.25, 0.3) is 0 Å². The lowest BCUT2D eigenvalue weighted by molar-refractivity contribution is -0.146. The molecule has 0 saturated carbocycles. The number of carbonyl (C=O) groups is 1. The van der Waals surface area contributed by atoms with Crippen LogP contribution >= 0.6 is 11.3 Å². The van der Waals surface area contributed by atoms with Gasteiger partial charge in [0, 0.05) is 25.6 Å². The van der Waals surface area contributed by atoms with Gasteiger partial charge in [0.2, 0.25) is 0 Å². The van der Waals surface area contributed by atoms with Crippen molar-refractivity contribution >= 4 is 27.5 Å². The maximum absolute atomic E-state index is 11.4. The smallest absolute Gasteiger partial charge is 0.308 e. The molecule has 6 heteroatoms. The molecular weight excluding hydrogens is 312 g/mol. The van der Waals surface area contributed by atoms with Gasteiger partial charge in [-0.1, -0.05) is 12.1 Å². The van der Waals surface area contributed by atoms with Crippen LogP contribution in [0.4, 0.5) is 0 Å². The molecule has 2 atom stereocenters. The predicted octanol–water partition coefficient (Wildman–Crippen LogP) is 2.49. The summed E-state index contributed by atoms with van der Waals surface area (Å²) in [5.41, 5.74) is 1.07. The molecule has 0 bridgehead atoms. The van der Waals surface area contributed by atoms with Gasteiger partial charge in [0.1, 0.15) is 0 Å². The van der Waals surface area contributed by atoms with Gasteiger partial charge in [-0.2, -0.15) is 0 Å². The summed E-state index contributed by atoms with van der Waals surface area (Å²) in [5, 5.41) is 1.16. The summed E-state index contributed by atoms with van der Waals surface area (Å²) in [6, 6.07) is 8.62. The summed E-state index contributed by atoms with van der Waals surface area (Å²) in [5.74, 6) is -0.212. The summed E-state index contributed by atoms with van der Waals surface area (Å²) in [4.78, 5) is 18.5. The van der Waals surface area contributed by atoms with Gasteiger partial charge in [0.05, 0.1) is 41.5 Å². The standard InChI is InChI=1S/C17H22N2O3S/c1-12(9-16-18-14-5-3-4-6-15(14)23-16)19-7-8-22-13(11-19)10-17(20)21-2/h3-6,12-13H,7-11H2,1-2H3/t12-,13+/m0/s1. The number of ether oxygens (including phenoxy) is 2. The number of thiazole rings is 1. The lowest BCUT2D eigenvalue weighted by Gasteiger charge is -2.36. The number of benzene rings is 1. The number of methoxy groups -OCH3 is 1. The average Bonchev–Trinajstić information content (AvgIpc) is 2.97. The normalized spacial score (nSPS) is 20.5. The maximum atomic E-state index is 11.4. The van der Waals surface area contributed by atoms with E-state index in [2.05, 4.69) is 24.0 Å². The summed E-state index contributed by atoms with van der Waals surface area (Å²) in [6.45, 7) is 4.53. The van der Waals surface area contributed by atoms with Crippen LogP contribution in [-0.2, 0) is 20.7 Å². The Balaban J connectivity index is 1.60. The van der Waals surface area contributed by atoms with Gasteiger partial charge in [-0.3, -0.25) is 9.69 Å². The number of morpholine rings is 1. The van der Waals surface area contributed by atoms with E-state index in [1.54, 1.807) is 11.3 Å². The molecule has 0 aliphatic carbocycles. The number of hydrogen-bond donors (Lipinski definition) is 0. The highest BCUT2D eigenvalue weighted by molar-refractivity contribution is 7.18. The van der Waals surface area contributed by atoms with Gasteiger partial charge >= 0.3 is 5.97 Å². The third-order valence-electron chi connectivity index (χ3n) is 4.22. The number of esters is 1. The zero-order chi connectivity index (χ0) is 16.2. The molecule has 124 valence electrons. The van der Waals surface area contributed by atoms with E-state index >= 15 is 0 Å². The van der Waals surface area contributed by atoms with Crippen LogP contribution in [-0.4, -0.2) is 54.8 Å². The lowest BCUT2D eigenvalue weighted by atomic mass is 10.1. The van der Waals surface area contributed by atoms with Crippen molar-refractivity contribution in [3.63, 3.8) is 0 Å². The topological polar surface area (TPSA) is 51.7 Å². The van der Waals surface area contributed by atoms with Gasteiger partial charge in [-0.05, 0) is 19.1 Å². The highest BCUT2D eigenvalue weighted by atomic mass is 32.1. The largest absolute Gasteiger partial charge is 0.469 e. The summed E-state index contributed by atoms with van der Waals surface area (Å²) >= 11 is 1.76. The number of carbonyl (C=O) groups excluding carboxylic acids is 1. The highest BCUT2D eigenvalue weighted by Crippen LogP contribution is 2.24. The van der Waals surface area contributed by atoms with Crippen molar-refractivity contribution in [1.82, 2.24) is 9.88 Å². The molecule has 1 aliphatic rings. The molecule has 0 spiro atoms. The second-order valence-electron chi connectivity index (χ2n) is 5.90. The van der Waals surface area contributed by atoms with Crippen LogP contribution in [0.15, 0.2) is 24.3 Å². The number of hydrogen-bond acceptors (Lipinski definition) is 6. The van der Waals surface area contributed by atoms with E-state index in [-0.39, 0.29) is 12.1 Å². The van der Waals surface area contributed by atoms with Crippen molar-refractivity contribution in [3.05, 3.63) is 29.3 Å². The minimum Gasteiger partial charge on any atom is -0.469 e. The fourth-order valence-electron chi connectivity index (χ4n) is 2.92. The summed E-state index contributed by atoms with van der Waals surface area (Å²) in [7, 11) is 1.42. The maximum Gasteiger partial charge on any atom is 0.308 e. The molecule has 1 fully saturated rings. The van der Waals surface area contributed by atoms with Gasteiger partial charge < -0.3 is 9.47 Å². The van der Waals surface area contributed by atoms with E-state index < -0.39 is 0 Å². The van der Waals surface area contributed by atoms with Crippen LogP contribution < -0.4 is 0 Å². The zero-order valence-electron chi connectivity index (χ0n) is 13.5. The Hall–Kier alpha value is -1.50. The van der Waals surface area contributed by atoms with Crippen LogP contribution in [0.1, 0.15) is 18.4 Å². The SMILES string of the molecule is COC(=O)C[C@@H]1CN([C@@H](C)Cc2nc3ccccc3s2)CCO1. The van der Waals surface area contributed by atoms with Crippen LogP contribution in [0, 0.1) is 0 Å². The first-order valence-corrected chi connectivity index (χ1v) is 8.74. The van der Waals surface area contributed by atoms with E-state index in [1.165, 1.54) is 11.8 Å². The Morgan fingerprint density at radius 3 is 3.13 bits per heavy atom. The monoisotopic (exact) mass is 334 g/mol. The fourth-order valence-corrected chi connectivity index (χ4v) is 4.01. The molecular formula is C17H22N2O3S.